The zero-order chi connectivity index (χ0) is 29.1. The molecule has 6 heteroatoms. The molecule has 0 saturated carbocycles. The molecule has 0 spiro atoms. The Morgan fingerprint density at radius 2 is 1.59 bits per heavy atom. The highest BCUT2D eigenvalue weighted by Crippen LogP contribution is 2.44. The van der Waals surface area contributed by atoms with Gasteiger partial charge in [-0.25, -0.2) is 0 Å². The van der Waals surface area contributed by atoms with Crippen molar-refractivity contribution in [3.8, 4) is 17.2 Å². The minimum Gasteiger partial charge on any atom is -0.507 e. The number of ether oxygens (including phenoxy) is 2. The summed E-state index contributed by atoms with van der Waals surface area (Å²) in [6.07, 6.45) is 0. The largest absolute Gasteiger partial charge is 0.507 e. The second-order valence-corrected chi connectivity index (χ2v) is 10.3. The fraction of sp³-hybridized carbons (Fsp3) is 0.200. The molecule has 1 aliphatic rings. The van der Waals surface area contributed by atoms with Crippen LogP contribution in [-0.2, 0) is 9.59 Å². The van der Waals surface area contributed by atoms with E-state index in [1.54, 1.807) is 18.2 Å². The Hall–Kier alpha value is -4.84. The van der Waals surface area contributed by atoms with E-state index in [0.717, 1.165) is 16.9 Å². The number of carbonyl (C=O) groups excluding carboxylic acids is 2. The van der Waals surface area contributed by atoms with Crippen molar-refractivity contribution in [1.29, 1.82) is 0 Å². The van der Waals surface area contributed by atoms with E-state index in [-0.39, 0.29) is 17.3 Å². The van der Waals surface area contributed by atoms with Crippen molar-refractivity contribution in [2.24, 2.45) is 0 Å². The van der Waals surface area contributed by atoms with Crippen LogP contribution in [0, 0.1) is 6.92 Å². The standard InChI is InChI=1S/C35H33NO5/c1-5-40-30-19-18-25(21-28(30)22(2)3)33(37)31-32(36(35(39)34(31)38)29-17-10-9-12-23(29)4)24-13-11-16-27(20-24)41-26-14-7-6-8-15-26/h6-22,32,37H,5H2,1-4H3/b33-31+. The second kappa shape index (κ2) is 11.7. The van der Waals surface area contributed by atoms with Gasteiger partial charge in [-0.3, -0.25) is 14.5 Å². The van der Waals surface area contributed by atoms with Crippen LogP contribution >= 0.6 is 0 Å². The second-order valence-electron chi connectivity index (χ2n) is 10.3. The molecule has 0 aromatic heterocycles. The number of Topliss-reactive ketones (excluding diaryl/α,β-unsaturated/α-hetero) is 1. The van der Waals surface area contributed by atoms with Crippen LogP contribution in [0.25, 0.3) is 5.76 Å². The molecule has 1 atom stereocenters. The summed E-state index contributed by atoms with van der Waals surface area (Å²) in [6, 6.07) is 28.6. The average Bonchev–Trinajstić information content (AvgIpc) is 3.23. The van der Waals surface area contributed by atoms with Crippen molar-refractivity contribution in [3.05, 3.63) is 125 Å². The topological polar surface area (TPSA) is 76.1 Å². The van der Waals surface area contributed by atoms with Crippen LogP contribution in [0.1, 0.15) is 55.0 Å². The lowest BCUT2D eigenvalue weighted by molar-refractivity contribution is -0.132. The van der Waals surface area contributed by atoms with Crippen LogP contribution in [0.15, 0.2) is 103 Å². The van der Waals surface area contributed by atoms with Gasteiger partial charge in [-0.05, 0) is 85.0 Å². The molecule has 4 aromatic rings. The van der Waals surface area contributed by atoms with E-state index in [1.807, 2.05) is 107 Å². The molecule has 1 saturated heterocycles. The summed E-state index contributed by atoms with van der Waals surface area (Å²) in [5.41, 5.74) is 3.44. The molecule has 1 aliphatic heterocycles. The molecule has 1 fully saturated rings. The number of benzene rings is 4. The van der Waals surface area contributed by atoms with Gasteiger partial charge in [0.05, 0.1) is 18.2 Å². The molecular weight excluding hydrogens is 514 g/mol. The Labute approximate surface area is 240 Å². The Morgan fingerprint density at radius 1 is 0.878 bits per heavy atom. The molecule has 208 valence electrons. The van der Waals surface area contributed by atoms with Crippen molar-refractivity contribution in [2.75, 3.05) is 11.5 Å². The fourth-order valence-corrected chi connectivity index (χ4v) is 5.19. The number of aliphatic hydroxyl groups is 1. The quantitative estimate of drug-likeness (QED) is 0.138. The number of amides is 1. The lowest BCUT2D eigenvalue weighted by Gasteiger charge is -2.27. The molecule has 4 aromatic carbocycles. The van der Waals surface area contributed by atoms with E-state index in [2.05, 4.69) is 0 Å². The maximum Gasteiger partial charge on any atom is 0.300 e. The zero-order valence-corrected chi connectivity index (χ0v) is 23.6. The highest BCUT2D eigenvalue weighted by molar-refractivity contribution is 6.51. The monoisotopic (exact) mass is 547 g/mol. The molecule has 0 aliphatic carbocycles. The number of para-hydroxylation sites is 2. The summed E-state index contributed by atoms with van der Waals surface area (Å²) in [7, 11) is 0. The van der Waals surface area contributed by atoms with Gasteiger partial charge in [0, 0.05) is 11.3 Å². The van der Waals surface area contributed by atoms with E-state index in [4.69, 9.17) is 9.47 Å². The molecule has 1 unspecified atom stereocenters. The van der Waals surface area contributed by atoms with Crippen LogP contribution in [0.4, 0.5) is 5.69 Å². The number of anilines is 1. The predicted octanol–water partition coefficient (Wildman–Crippen LogP) is 7.94. The molecule has 5 rings (SSSR count). The van der Waals surface area contributed by atoms with Gasteiger partial charge in [-0.15, -0.1) is 0 Å². The Kier molecular flexibility index (Phi) is 7.92. The molecule has 1 amide bonds. The SMILES string of the molecule is CCOc1ccc(/C(O)=C2\C(=O)C(=O)N(c3ccccc3C)C2c2cccc(Oc3ccccc3)c2)cc1C(C)C. The smallest absolute Gasteiger partial charge is 0.300 e. The highest BCUT2D eigenvalue weighted by Gasteiger charge is 2.47. The van der Waals surface area contributed by atoms with Crippen LogP contribution in [0.2, 0.25) is 0 Å². The van der Waals surface area contributed by atoms with Gasteiger partial charge in [0.25, 0.3) is 11.7 Å². The molecular formula is C35H33NO5. The summed E-state index contributed by atoms with van der Waals surface area (Å²) >= 11 is 0. The Morgan fingerprint density at radius 3 is 2.29 bits per heavy atom. The molecule has 1 heterocycles. The van der Waals surface area contributed by atoms with Gasteiger partial charge in [0.1, 0.15) is 23.0 Å². The number of rotatable bonds is 8. The van der Waals surface area contributed by atoms with E-state index < -0.39 is 17.7 Å². The van der Waals surface area contributed by atoms with E-state index in [0.29, 0.717) is 34.9 Å². The first-order chi connectivity index (χ1) is 19.8. The summed E-state index contributed by atoms with van der Waals surface area (Å²) in [6.45, 7) is 8.39. The lowest BCUT2D eigenvalue weighted by Crippen LogP contribution is -2.30. The van der Waals surface area contributed by atoms with Crippen LogP contribution in [0.3, 0.4) is 0 Å². The maximum atomic E-state index is 13.7. The average molecular weight is 548 g/mol. The van der Waals surface area contributed by atoms with E-state index in [1.165, 1.54) is 4.90 Å². The molecule has 6 nitrogen and oxygen atoms in total. The minimum absolute atomic E-state index is 0.0222. The zero-order valence-electron chi connectivity index (χ0n) is 23.6. The summed E-state index contributed by atoms with van der Waals surface area (Å²) in [4.78, 5) is 28.8. The number of nitrogens with zero attached hydrogens (tertiary/aromatic N) is 1. The van der Waals surface area contributed by atoms with Crippen molar-refractivity contribution in [2.45, 2.75) is 39.7 Å². The number of ketones is 1. The van der Waals surface area contributed by atoms with Crippen molar-refractivity contribution in [3.63, 3.8) is 0 Å². The molecule has 41 heavy (non-hydrogen) atoms. The van der Waals surface area contributed by atoms with Gasteiger partial charge < -0.3 is 14.6 Å². The van der Waals surface area contributed by atoms with Crippen LogP contribution < -0.4 is 14.4 Å². The lowest BCUT2D eigenvalue weighted by atomic mass is 9.93. The number of aryl methyl sites for hydroxylation is 1. The normalized spacial score (nSPS) is 16.3. The predicted molar refractivity (Wildman–Crippen MR) is 161 cm³/mol. The highest BCUT2D eigenvalue weighted by atomic mass is 16.5. The fourth-order valence-electron chi connectivity index (χ4n) is 5.19. The first-order valence-electron chi connectivity index (χ1n) is 13.8. The minimum atomic E-state index is -0.871. The first kappa shape index (κ1) is 27.7. The van der Waals surface area contributed by atoms with Gasteiger partial charge in [0.15, 0.2) is 0 Å². The summed E-state index contributed by atoms with van der Waals surface area (Å²) < 4.78 is 11.9. The van der Waals surface area contributed by atoms with Crippen molar-refractivity contribution >= 4 is 23.1 Å². The van der Waals surface area contributed by atoms with Gasteiger partial charge >= 0.3 is 0 Å². The van der Waals surface area contributed by atoms with Gasteiger partial charge in [0.2, 0.25) is 0 Å². The number of aliphatic hydroxyl groups excluding tert-OH is 1. The third kappa shape index (κ3) is 5.46. The summed E-state index contributed by atoms with van der Waals surface area (Å²) in [5, 5.41) is 11.7. The maximum absolute atomic E-state index is 13.7. The summed E-state index contributed by atoms with van der Waals surface area (Å²) in [5.74, 6) is 0.368. The Bertz CT molecular complexity index is 1620. The van der Waals surface area contributed by atoms with Gasteiger partial charge in [-0.1, -0.05) is 62.4 Å². The van der Waals surface area contributed by atoms with E-state index in [9.17, 15) is 14.7 Å². The van der Waals surface area contributed by atoms with Crippen molar-refractivity contribution in [1.82, 2.24) is 0 Å². The van der Waals surface area contributed by atoms with E-state index >= 15 is 0 Å². The number of carbonyl (C=O) groups is 2. The number of hydrogen-bond donors (Lipinski definition) is 1. The van der Waals surface area contributed by atoms with Crippen molar-refractivity contribution < 1.29 is 24.2 Å². The third-order valence-electron chi connectivity index (χ3n) is 7.18. The molecule has 0 radical (unpaired) electrons. The third-order valence-corrected chi connectivity index (χ3v) is 7.18. The number of hydrogen-bond acceptors (Lipinski definition) is 5. The Balaban J connectivity index is 1.69. The molecule has 0 bridgehead atoms. The first-order valence-corrected chi connectivity index (χ1v) is 13.8. The molecule has 1 N–H and O–H groups in total. The van der Waals surface area contributed by atoms with Crippen LogP contribution in [-0.4, -0.2) is 23.4 Å². The van der Waals surface area contributed by atoms with Crippen LogP contribution in [0.5, 0.6) is 17.2 Å². The van der Waals surface area contributed by atoms with Gasteiger partial charge in [-0.2, -0.15) is 0 Å².